The molecule has 0 bridgehead atoms. The van der Waals surface area contributed by atoms with Crippen LogP contribution in [-0.4, -0.2) is 46.0 Å². The normalized spacial score (nSPS) is 11.9. The maximum absolute atomic E-state index is 13.0. The van der Waals surface area contributed by atoms with E-state index in [4.69, 9.17) is 25.8 Å². The number of pyridine rings is 1. The van der Waals surface area contributed by atoms with Gasteiger partial charge in [-0.3, -0.25) is 0 Å². The summed E-state index contributed by atoms with van der Waals surface area (Å²) < 4.78 is 82.7. The molecule has 1 heterocycles. The summed E-state index contributed by atoms with van der Waals surface area (Å²) in [4.78, 5) is 3.72. The van der Waals surface area contributed by atoms with Gasteiger partial charge in [0.25, 0.3) is 0 Å². The number of halogens is 4. The van der Waals surface area contributed by atoms with Gasteiger partial charge in [-0.1, -0.05) is 48.0 Å². The molecule has 0 atom stereocenters. The lowest BCUT2D eigenvalue weighted by Crippen LogP contribution is -2.28. The second-order valence-electron chi connectivity index (χ2n) is 8.27. The Morgan fingerprint density at radius 3 is 2.47 bits per heavy atom. The van der Waals surface area contributed by atoms with Gasteiger partial charge in [-0.15, -0.1) is 0 Å². The summed E-state index contributed by atoms with van der Waals surface area (Å²) in [6.07, 6.45) is -2.81. The molecule has 2 aromatic carbocycles. The molecule has 0 radical (unpaired) electrons. The predicted octanol–water partition coefficient (Wildman–Crippen LogP) is 5.67. The van der Waals surface area contributed by atoms with Gasteiger partial charge in [-0.2, -0.15) is 13.2 Å². The first-order valence-corrected chi connectivity index (χ1v) is 13.8. The first-order valence-electron chi connectivity index (χ1n) is 11.7. The summed E-state index contributed by atoms with van der Waals surface area (Å²) in [5.74, 6) is 0.333. The van der Waals surface area contributed by atoms with Crippen LogP contribution in [-0.2, 0) is 33.8 Å². The molecule has 206 valence electrons. The maximum Gasteiger partial charge on any atom is 0.417 e. The molecule has 0 unspecified atom stereocenters. The Bertz CT molecular complexity index is 1290. The highest BCUT2D eigenvalue weighted by Gasteiger charge is 2.32. The quantitative estimate of drug-likeness (QED) is 0.251. The number of nitrogens with one attached hydrogen (secondary N) is 1. The highest BCUT2D eigenvalue weighted by molar-refractivity contribution is 7.89. The number of sulfonamides is 1. The molecule has 1 aromatic heterocycles. The van der Waals surface area contributed by atoms with Gasteiger partial charge in [0.2, 0.25) is 15.9 Å². The fourth-order valence-corrected chi connectivity index (χ4v) is 4.74. The molecule has 12 heteroatoms. The molecule has 0 amide bonds. The van der Waals surface area contributed by atoms with Crippen LogP contribution in [0, 0.1) is 0 Å². The van der Waals surface area contributed by atoms with Crippen LogP contribution in [0.3, 0.4) is 0 Å². The third-order valence-electron chi connectivity index (χ3n) is 5.37. The molecule has 0 aliphatic rings. The van der Waals surface area contributed by atoms with Crippen molar-refractivity contribution in [3.63, 3.8) is 0 Å². The van der Waals surface area contributed by atoms with Crippen LogP contribution < -0.4 is 14.2 Å². The summed E-state index contributed by atoms with van der Waals surface area (Å²) in [5.41, 5.74) is 0.637. The van der Waals surface area contributed by atoms with Gasteiger partial charge in [0.1, 0.15) is 23.1 Å². The van der Waals surface area contributed by atoms with Crippen molar-refractivity contribution in [3.8, 4) is 17.4 Å². The highest BCUT2D eigenvalue weighted by Crippen LogP contribution is 2.36. The minimum atomic E-state index is -4.60. The Morgan fingerprint density at radius 2 is 1.79 bits per heavy atom. The predicted molar refractivity (Wildman–Crippen MR) is 138 cm³/mol. The molecule has 0 spiro atoms. The van der Waals surface area contributed by atoms with Crippen molar-refractivity contribution in [2.75, 3.05) is 32.6 Å². The van der Waals surface area contributed by atoms with Gasteiger partial charge in [-0.25, -0.2) is 18.1 Å². The van der Waals surface area contributed by atoms with Crippen LogP contribution in [0.1, 0.15) is 23.1 Å². The molecule has 3 rings (SSSR count). The second-order valence-corrected chi connectivity index (χ2v) is 10.6. The number of nitrogens with zero attached hydrogens (tertiary/aromatic N) is 1. The van der Waals surface area contributed by atoms with Crippen molar-refractivity contribution < 1.29 is 35.8 Å². The number of ether oxygens (including phenoxy) is 3. The van der Waals surface area contributed by atoms with E-state index >= 15 is 0 Å². The number of benzene rings is 2. The lowest BCUT2D eigenvalue weighted by atomic mass is 10.1. The monoisotopic (exact) mass is 572 g/mol. The van der Waals surface area contributed by atoms with Gasteiger partial charge in [-0.05, 0) is 42.5 Å². The van der Waals surface area contributed by atoms with E-state index in [1.807, 2.05) is 30.3 Å². The van der Waals surface area contributed by atoms with E-state index in [1.54, 1.807) is 18.2 Å². The largest absolute Gasteiger partial charge is 0.491 e. The maximum atomic E-state index is 13.0. The Labute approximate surface area is 225 Å². The summed E-state index contributed by atoms with van der Waals surface area (Å²) in [5, 5.41) is -0.318. The van der Waals surface area contributed by atoms with Crippen LogP contribution in [0.25, 0.3) is 0 Å². The van der Waals surface area contributed by atoms with Gasteiger partial charge >= 0.3 is 6.18 Å². The molecule has 1 N–H and O–H groups in total. The fraction of sp³-hybridized carbons (Fsp3) is 0.346. The molecule has 0 saturated heterocycles. The van der Waals surface area contributed by atoms with E-state index in [1.165, 1.54) is 7.11 Å². The van der Waals surface area contributed by atoms with Crippen LogP contribution in [0.15, 0.2) is 60.8 Å². The molecule has 0 fully saturated rings. The van der Waals surface area contributed by atoms with E-state index in [0.29, 0.717) is 37.0 Å². The molecule has 3 aromatic rings. The third-order valence-corrected chi connectivity index (χ3v) is 7.11. The van der Waals surface area contributed by atoms with Gasteiger partial charge in [0.15, 0.2) is 0 Å². The average Bonchev–Trinajstić information content (AvgIpc) is 2.86. The van der Waals surface area contributed by atoms with E-state index < -0.39 is 21.8 Å². The zero-order valence-electron chi connectivity index (χ0n) is 20.6. The zero-order valence-corrected chi connectivity index (χ0v) is 22.2. The summed E-state index contributed by atoms with van der Waals surface area (Å²) >= 11 is 6.01. The molecule has 38 heavy (non-hydrogen) atoms. The van der Waals surface area contributed by atoms with Crippen molar-refractivity contribution in [2.45, 2.75) is 25.4 Å². The number of methoxy groups -OCH3 is 1. The standard InChI is InChI=1S/C26H28ClF3N2O5S/c1-35-13-14-36-22-10-9-20(8-5-15-38(33,34)32-12-11-19-6-3-2-4-7-19)24(17-22)37-25-23(27)16-21(18-31-25)26(28,29)30/h2-4,6-7,9-10,16-18,32H,5,8,11-15H2,1H3. The topological polar surface area (TPSA) is 86.8 Å². The van der Waals surface area contributed by atoms with Crippen LogP contribution in [0.5, 0.6) is 17.4 Å². The number of hydrogen-bond donors (Lipinski definition) is 1. The Morgan fingerprint density at radius 1 is 1.03 bits per heavy atom. The molecular formula is C26H28ClF3N2O5S. The Balaban J connectivity index is 1.67. The summed E-state index contributed by atoms with van der Waals surface area (Å²) in [6, 6.07) is 15.2. The van der Waals surface area contributed by atoms with Crippen molar-refractivity contribution in [3.05, 3.63) is 82.5 Å². The third kappa shape index (κ3) is 9.46. The van der Waals surface area contributed by atoms with Crippen LogP contribution in [0.4, 0.5) is 13.2 Å². The number of alkyl halides is 3. The minimum Gasteiger partial charge on any atom is -0.491 e. The zero-order chi connectivity index (χ0) is 27.6. The minimum absolute atomic E-state index is 0.118. The summed E-state index contributed by atoms with van der Waals surface area (Å²) in [7, 11) is -1.98. The fourth-order valence-electron chi connectivity index (χ4n) is 3.45. The van der Waals surface area contributed by atoms with E-state index in [2.05, 4.69) is 9.71 Å². The SMILES string of the molecule is COCCOc1ccc(CCCS(=O)(=O)NCCc2ccccc2)c(Oc2ncc(C(F)(F)F)cc2Cl)c1. The summed E-state index contributed by atoms with van der Waals surface area (Å²) in [6.45, 7) is 0.896. The molecular weight excluding hydrogens is 545 g/mol. The van der Waals surface area contributed by atoms with E-state index in [0.717, 1.165) is 11.6 Å². The first kappa shape index (κ1) is 29.7. The number of aromatic nitrogens is 1. The first-order chi connectivity index (χ1) is 18.1. The smallest absolute Gasteiger partial charge is 0.417 e. The number of aryl methyl sites for hydroxylation is 1. The van der Waals surface area contributed by atoms with Gasteiger partial charge < -0.3 is 14.2 Å². The molecule has 0 aliphatic carbocycles. The van der Waals surface area contributed by atoms with Crippen molar-refractivity contribution in [1.29, 1.82) is 0 Å². The highest BCUT2D eigenvalue weighted by atomic mass is 35.5. The molecule has 0 aliphatic heterocycles. The number of rotatable bonds is 14. The average molecular weight is 573 g/mol. The van der Waals surface area contributed by atoms with Crippen molar-refractivity contribution in [1.82, 2.24) is 9.71 Å². The Kier molecular flexibility index (Phi) is 10.8. The lowest BCUT2D eigenvalue weighted by molar-refractivity contribution is -0.137. The molecule has 7 nitrogen and oxygen atoms in total. The van der Waals surface area contributed by atoms with Crippen LogP contribution in [0.2, 0.25) is 5.02 Å². The Hall–Kier alpha value is -2.86. The molecule has 0 saturated carbocycles. The van der Waals surface area contributed by atoms with Crippen molar-refractivity contribution in [2.24, 2.45) is 0 Å². The number of hydrogen-bond acceptors (Lipinski definition) is 6. The second kappa shape index (κ2) is 13.8. The van der Waals surface area contributed by atoms with Crippen LogP contribution >= 0.6 is 11.6 Å². The van der Waals surface area contributed by atoms with E-state index in [9.17, 15) is 21.6 Å². The van der Waals surface area contributed by atoms with Crippen molar-refractivity contribution >= 4 is 21.6 Å². The van der Waals surface area contributed by atoms with Gasteiger partial charge in [0, 0.05) is 25.9 Å². The van der Waals surface area contributed by atoms with E-state index in [-0.39, 0.29) is 42.0 Å². The lowest BCUT2D eigenvalue weighted by Gasteiger charge is -2.15. The van der Waals surface area contributed by atoms with Gasteiger partial charge in [0.05, 0.1) is 17.9 Å².